The number of hydrogen-bond donors (Lipinski definition) is 3. The molecule has 8 heteroatoms. The largest absolute Gasteiger partial charge is 0.478 e. The van der Waals surface area contributed by atoms with Crippen LogP contribution in [0.15, 0.2) is 81.5 Å². The smallest absolute Gasteiger partial charge is 0.337 e. The van der Waals surface area contributed by atoms with Gasteiger partial charge in [-0.25, -0.2) is 4.79 Å². The third-order valence-corrected chi connectivity index (χ3v) is 4.23. The van der Waals surface area contributed by atoms with Crippen molar-refractivity contribution in [2.24, 2.45) is 0 Å². The SMILES string of the molecule is O=C(Nc1ccccc1C(=O)O)/C(=C\c1ccccc1)NC(=O)c1ccc(Br)o1. The molecule has 2 aromatic carbocycles. The first-order valence-corrected chi connectivity index (χ1v) is 9.20. The summed E-state index contributed by atoms with van der Waals surface area (Å²) in [4.78, 5) is 36.7. The van der Waals surface area contributed by atoms with Crippen molar-refractivity contribution in [3.8, 4) is 0 Å². The van der Waals surface area contributed by atoms with Gasteiger partial charge in [0, 0.05) is 0 Å². The number of carbonyl (C=O) groups excluding carboxylic acids is 2. The molecule has 0 atom stereocenters. The number of carbonyl (C=O) groups is 3. The molecule has 3 N–H and O–H groups in total. The Morgan fingerprint density at radius 1 is 0.931 bits per heavy atom. The van der Waals surface area contributed by atoms with Crippen LogP contribution >= 0.6 is 15.9 Å². The van der Waals surface area contributed by atoms with Gasteiger partial charge in [0.25, 0.3) is 11.8 Å². The Kier molecular flexibility index (Phi) is 6.25. The summed E-state index contributed by atoms with van der Waals surface area (Å²) in [7, 11) is 0. The first-order chi connectivity index (χ1) is 13.9. The average molecular weight is 455 g/mol. The highest BCUT2D eigenvalue weighted by atomic mass is 79.9. The lowest BCUT2D eigenvalue weighted by Gasteiger charge is -2.12. The molecule has 0 aliphatic heterocycles. The molecule has 1 heterocycles. The van der Waals surface area contributed by atoms with Gasteiger partial charge in [-0.15, -0.1) is 0 Å². The molecule has 0 aliphatic carbocycles. The van der Waals surface area contributed by atoms with E-state index in [0.717, 1.165) is 0 Å². The maximum Gasteiger partial charge on any atom is 0.337 e. The van der Waals surface area contributed by atoms with Crippen LogP contribution in [0.5, 0.6) is 0 Å². The molecule has 1 aromatic heterocycles. The molecule has 0 saturated heterocycles. The van der Waals surface area contributed by atoms with Gasteiger partial charge in [0.1, 0.15) is 5.70 Å². The second kappa shape index (κ2) is 9.03. The van der Waals surface area contributed by atoms with Gasteiger partial charge in [0.05, 0.1) is 11.3 Å². The fraction of sp³-hybridized carbons (Fsp3) is 0. The highest BCUT2D eigenvalue weighted by Gasteiger charge is 2.19. The lowest BCUT2D eigenvalue weighted by atomic mass is 10.1. The highest BCUT2D eigenvalue weighted by Crippen LogP contribution is 2.18. The number of anilines is 1. The number of furan rings is 1. The van der Waals surface area contributed by atoms with Gasteiger partial charge in [-0.3, -0.25) is 9.59 Å². The lowest BCUT2D eigenvalue weighted by Crippen LogP contribution is -2.31. The zero-order valence-electron chi connectivity index (χ0n) is 14.9. The predicted molar refractivity (Wildman–Crippen MR) is 110 cm³/mol. The molecule has 7 nitrogen and oxygen atoms in total. The van der Waals surface area contributed by atoms with Crippen molar-refractivity contribution in [3.63, 3.8) is 0 Å². The lowest BCUT2D eigenvalue weighted by molar-refractivity contribution is -0.113. The summed E-state index contributed by atoms with van der Waals surface area (Å²) in [6.45, 7) is 0. The van der Waals surface area contributed by atoms with Crippen molar-refractivity contribution >= 4 is 45.5 Å². The highest BCUT2D eigenvalue weighted by molar-refractivity contribution is 9.10. The van der Waals surface area contributed by atoms with Gasteiger partial charge in [0.15, 0.2) is 10.4 Å². The normalized spacial score (nSPS) is 11.0. The van der Waals surface area contributed by atoms with E-state index in [4.69, 9.17) is 4.42 Å². The molecule has 2 amide bonds. The minimum atomic E-state index is -1.18. The topological polar surface area (TPSA) is 109 Å². The molecule has 0 fully saturated rings. The van der Waals surface area contributed by atoms with Crippen LogP contribution in [0.1, 0.15) is 26.5 Å². The van der Waals surface area contributed by atoms with Crippen LogP contribution in [0.3, 0.4) is 0 Å². The summed E-state index contributed by atoms with van der Waals surface area (Å²) in [5, 5.41) is 14.3. The van der Waals surface area contributed by atoms with Crippen LogP contribution in [0.25, 0.3) is 6.08 Å². The van der Waals surface area contributed by atoms with Crippen LogP contribution in [0.2, 0.25) is 0 Å². The second-order valence-corrected chi connectivity index (χ2v) is 6.61. The molecule has 0 unspecified atom stereocenters. The molecular formula is C21H15BrN2O5. The first kappa shape index (κ1) is 20.1. The van der Waals surface area contributed by atoms with E-state index in [1.54, 1.807) is 42.5 Å². The summed E-state index contributed by atoms with van der Waals surface area (Å²) < 4.78 is 5.58. The van der Waals surface area contributed by atoms with E-state index >= 15 is 0 Å². The quantitative estimate of drug-likeness (QED) is 0.484. The van der Waals surface area contributed by atoms with Crippen LogP contribution in [-0.4, -0.2) is 22.9 Å². The number of carboxylic acid groups (broad SMARTS) is 1. The van der Waals surface area contributed by atoms with Crippen LogP contribution in [-0.2, 0) is 4.79 Å². The van der Waals surface area contributed by atoms with Gasteiger partial charge in [-0.1, -0.05) is 42.5 Å². The summed E-state index contributed by atoms with van der Waals surface area (Å²) in [5.74, 6) is -2.48. The van der Waals surface area contributed by atoms with E-state index in [9.17, 15) is 19.5 Å². The number of para-hydroxylation sites is 1. The average Bonchev–Trinajstić information content (AvgIpc) is 3.15. The summed E-state index contributed by atoms with van der Waals surface area (Å²) in [6, 6.07) is 17.9. The minimum Gasteiger partial charge on any atom is -0.478 e. The van der Waals surface area contributed by atoms with E-state index < -0.39 is 17.8 Å². The Morgan fingerprint density at radius 2 is 1.62 bits per heavy atom. The van der Waals surface area contributed by atoms with Gasteiger partial charge < -0.3 is 20.2 Å². The molecule has 0 bridgehead atoms. The third-order valence-electron chi connectivity index (χ3n) is 3.81. The number of aromatic carboxylic acids is 1. The number of halogens is 1. The minimum absolute atomic E-state index is 0.00886. The van der Waals surface area contributed by atoms with Crippen molar-refractivity contribution in [1.29, 1.82) is 0 Å². The fourth-order valence-electron chi connectivity index (χ4n) is 2.46. The fourth-order valence-corrected chi connectivity index (χ4v) is 2.77. The predicted octanol–water partition coefficient (Wildman–Crippen LogP) is 4.15. The standard InChI is InChI=1S/C21H15BrN2O5/c22-18-11-10-17(29-18)20(26)24-16(12-13-6-2-1-3-7-13)19(25)23-15-9-5-4-8-14(15)21(27)28/h1-12H,(H,23,25)(H,24,26)(H,27,28)/b16-12+. The van der Waals surface area contributed by atoms with Crippen molar-refractivity contribution in [3.05, 3.63) is 94.0 Å². The van der Waals surface area contributed by atoms with Gasteiger partial charge in [-0.2, -0.15) is 0 Å². The Balaban J connectivity index is 1.90. The van der Waals surface area contributed by atoms with Crippen molar-refractivity contribution in [1.82, 2.24) is 5.32 Å². The number of hydrogen-bond acceptors (Lipinski definition) is 4. The molecule has 0 radical (unpaired) electrons. The Hall–Kier alpha value is -3.65. The Bertz CT molecular complexity index is 1090. The number of nitrogens with one attached hydrogen (secondary N) is 2. The van der Waals surface area contributed by atoms with Gasteiger partial charge >= 0.3 is 5.97 Å². The second-order valence-electron chi connectivity index (χ2n) is 5.83. The molecule has 0 saturated carbocycles. The van der Waals surface area contributed by atoms with E-state index in [1.165, 1.54) is 24.3 Å². The summed E-state index contributed by atoms with van der Waals surface area (Å²) in [6.07, 6.45) is 1.48. The number of rotatable bonds is 6. The third kappa shape index (κ3) is 5.20. The molecule has 0 spiro atoms. The molecule has 29 heavy (non-hydrogen) atoms. The molecule has 146 valence electrons. The van der Waals surface area contributed by atoms with E-state index in [2.05, 4.69) is 26.6 Å². The molecule has 3 aromatic rings. The first-order valence-electron chi connectivity index (χ1n) is 8.41. The molecule has 0 aliphatic rings. The van der Waals surface area contributed by atoms with E-state index in [-0.39, 0.29) is 22.7 Å². The Morgan fingerprint density at radius 3 is 2.28 bits per heavy atom. The summed E-state index contributed by atoms with van der Waals surface area (Å²) >= 11 is 3.12. The maximum absolute atomic E-state index is 12.8. The van der Waals surface area contributed by atoms with Crippen LogP contribution in [0, 0.1) is 0 Å². The number of carboxylic acids is 1. The number of benzene rings is 2. The zero-order valence-corrected chi connectivity index (χ0v) is 16.5. The van der Waals surface area contributed by atoms with Crippen molar-refractivity contribution < 1.29 is 23.9 Å². The molecule has 3 rings (SSSR count). The van der Waals surface area contributed by atoms with Crippen molar-refractivity contribution in [2.75, 3.05) is 5.32 Å². The summed E-state index contributed by atoms with van der Waals surface area (Å²) in [5.41, 5.74) is 0.638. The Labute approximate surface area is 174 Å². The van der Waals surface area contributed by atoms with E-state index in [1.807, 2.05) is 6.07 Å². The van der Waals surface area contributed by atoms with Gasteiger partial charge in [0.2, 0.25) is 0 Å². The van der Waals surface area contributed by atoms with Crippen LogP contribution in [0.4, 0.5) is 5.69 Å². The van der Waals surface area contributed by atoms with E-state index in [0.29, 0.717) is 10.2 Å². The van der Waals surface area contributed by atoms with Crippen molar-refractivity contribution in [2.45, 2.75) is 0 Å². The monoisotopic (exact) mass is 454 g/mol. The van der Waals surface area contributed by atoms with Gasteiger partial charge in [-0.05, 0) is 51.8 Å². The maximum atomic E-state index is 12.8. The zero-order chi connectivity index (χ0) is 20.8. The molecular weight excluding hydrogens is 440 g/mol. The van der Waals surface area contributed by atoms with Crippen LogP contribution < -0.4 is 10.6 Å². The number of amides is 2.